The van der Waals surface area contributed by atoms with E-state index >= 15 is 0 Å². The molecule has 0 spiro atoms. The van der Waals surface area contributed by atoms with Crippen LogP contribution < -0.4 is 5.73 Å². The van der Waals surface area contributed by atoms with Crippen molar-refractivity contribution in [2.45, 2.75) is 57.2 Å². The lowest BCUT2D eigenvalue weighted by Crippen LogP contribution is -2.41. The molecule has 1 fully saturated rings. The van der Waals surface area contributed by atoms with Gasteiger partial charge in [-0.25, -0.2) is 0 Å². The first kappa shape index (κ1) is 15.6. The van der Waals surface area contributed by atoms with Gasteiger partial charge >= 0.3 is 0 Å². The number of nitrogens with two attached hydrogens (primary N) is 1. The number of hydrogen-bond donors (Lipinski definition) is 1. The van der Waals surface area contributed by atoms with Crippen LogP contribution in [0.2, 0.25) is 0 Å². The Morgan fingerprint density at radius 1 is 1.33 bits per heavy atom. The zero-order chi connectivity index (χ0) is 13.5. The monoisotopic (exact) mass is 274 g/mol. The second-order valence-electron chi connectivity index (χ2n) is 5.01. The minimum Gasteiger partial charge on any atom is -0.342 e. The van der Waals surface area contributed by atoms with Gasteiger partial charge in [-0.05, 0) is 25.7 Å². The Labute approximate surface area is 113 Å². The third kappa shape index (κ3) is 4.35. The molecule has 0 aromatic rings. The molecular weight excluding hydrogens is 248 g/mol. The Balaban J connectivity index is 2.48. The molecule has 2 N–H and O–H groups in total. The van der Waals surface area contributed by atoms with Crippen LogP contribution in [0, 0.1) is 0 Å². The van der Waals surface area contributed by atoms with Gasteiger partial charge in [-0.1, -0.05) is 20.3 Å². The van der Waals surface area contributed by atoms with Crippen LogP contribution in [0.3, 0.4) is 0 Å². The van der Waals surface area contributed by atoms with Crippen LogP contribution in [-0.4, -0.2) is 45.2 Å². The Morgan fingerprint density at radius 3 is 2.44 bits per heavy atom. The molecule has 0 bridgehead atoms. The molecule has 3 unspecified atom stereocenters. The number of likely N-dealkylation sites (tertiary alicyclic amines) is 1. The highest BCUT2D eigenvalue weighted by atomic mass is 32.2. The fourth-order valence-corrected chi connectivity index (χ4v) is 4.03. The largest absolute Gasteiger partial charge is 0.342 e. The predicted octanol–water partition coefficient (Wildman–Crippen LogP) is 1.26. The zero-order valence-electron chi connectivity index (χ0n) is 11.6. The summed E-state index contributed by atoms with van der Waals surface area (Å²) in [5.41, 5.74) is 6.05. The van der Waals surface area contributed by atoms with E-state index in [1.54, 1.807) is 0 Å². The molecule has 0 aliphatic carbocycles. The number of rotatable bonds is 7. The van der Waals surface area contributed by atoms with Gasteiger partial charge in [-0.15, -0.1) is 0 Å². The summed E-state index contributed by atoms with van der Waals surface area (Å²) in [6, 6.07) is -0.0489. The normalized spacial score (nSPS) is 20.7. The lowest BCUT2D eigenvalue weighted by Gasteiger charge is -2.23. The van der Waals surface area contributed by atoms with Crippen LogP contribution in [0.5, 0.6) is 0 Å². The van der Waals surface area contributed by atoms with Gasteiger partial charge in [0.15, 0.2) is 0 Å². The Morgan fingerprint density at radius 2 is 1.94 bits per heavy atom. The van der Waals surface area contributed by atoms with Crippen molar-refractivity contribution in [3.05, 3.63) is 0 Å². The quantitative estimate of drug-likeness (QED) is 0.760. The second kappa shape index (κ2) is 7.89. The summed E-state index contributed by atoms with van der Waals surface area (Å²) in [5.74, 6) is 0.184. The summed E-state index contributed by atoms with van der Waals surface area (Å²) in [6.07, 6.45) is 4.80. The highest BCUT2D eigenvalue weighted by Crippen LogP contribution is 2.13. The fourth-order valence-electron chi connectivity index (χ4n) is 2.49. The maximum atomic E-state index is 12.2. The highest BCUT2D eigenvalue weighted by molar-refractivity contribution is 7.86. The first-order valence-electron chi connectivity index (χ1n) is 7.00. The smallest absolute Gasteiger partial charge is 0.235 e. The second-order valence-corrected chi connectivity index (χ2v) is 6.67. The molecule has 3 atom stereocenters. The standard InChI is InChI=1S/C13H26N2O2S/c1-3-7-11(14)12(4-2)18(17)10-13(16)15-8-5-6-9-15/h11-12H,3-10,14H2,1-2H3. The summed E-state index contributed by atoms with van der Waals surface area (Å²) >= 11 is 0. The number of nitrogens with zero attached hydrogens (tertiary/aromatic N) is 1. The molecule has 5 heteroatoms. The van der Waals surface area contributed by atoms with E-state index in [4.69, 9.17) is 5.73 Å². The molecule has 0 aromatic carbocycles. The van der Waals surface area contributed by atoms with E-state index in [2.05, 4.69) is 6.92 Å². The van der Waals surface area contributed by atoms with E-state index < -0.39 is 10.8 Å². The van der Waals surface area contributed by atoms with Gasteiger partial charge in [0.25, 0.3) is 0 Å². The molecular formula is C13H26N2O2S. The van der Waals surface area contributed by atoms with Gasteiger partial charge in [0.1, 0.15) is 5.75 Å². The lowest BCUT2D eigenvalue weighted by molar-refractivity contribution is -0.127. The van der Waals surface area contributed by atoms with Gasteiger partial charge in [0.2, 0.25) is 5.91 Å². The SMILES string of the molecule is CCCC(N)C(CC)S(=O)CC(=O)N1CCCC1. The lowest BCUT2D eigenvalue weighted by atomic mass is 10.1. The van der Waals surface area contributed by atoms with Gasteiger partial charge in [0.05, 0.1) is 5.25 Å². The molecule has 1 aliphatic heterocycles. The van der Waals surface area contributed by atoms with Gasteiger partial charge < -0.3 is 10.6 Å². The Bertz CT molecular complexity index is 291. The zero-order valence-corrected chi connectivity index (χ0v) is 12.4. The number of hydrogen-bond acceptors (Lipinski definition) is 3. The van der Waals surface area contributed by atoms with Crippen molar-refractivity contribution in [1.29, 1.82) is 0 Å². The average Bonchev–Trinajstić information content (AvgIpc) is 2.83. The summed E-state index contributed by atoms with van der Waals surface area (Å²) in [4.78, 5) is 13.8. The average molecular weight is 274 g/mol. The van der Waals surface area contributed by atoms with E-state index in [1.165, 1.54) is 0 Å². The summed E-state index contributed by atoms with van der Waals surface area (Å²) < 4.78 is 12.2. The third-order valence-corrected chi connectivity index (χ3v) is 5.45. The van der Waals surface area contributed by atoms with Crippen molar-refractivity contribution >= 4 is 16.7 Å². The van der Waals surface area contributed by atoms with Crippen LogP contribution in [0.4, 0.5) is 0 Å². The van der Waals surface area contributed by atoms with Crippen LogP contribution in [0.25, 0.3) is 0 Å². The van der Waals surface area contributed by atoms with E-state index in [0.29, 0.717) is 0 Å². The van der Waals surface area contributed by atoms with E-state index in [-0.39, 0.29) is 23.0 Å². The van der Waals surface area contributed by atoms with Crippen molar-refractivity contribution in [2.24, 2.45) is 5.73 Å². The minimum absolute atomic E-state index is 0.0352. The van der Waals surface area contributed by atoms with Crippen molar-refractivity contribution in [2.75, 3.05) is 18.8 Å². The summed E-state index contributed by atoms with van der Waals surface area (Å²) in [7, 11) is -1.13. The van der Waals surface area contributed by atoms with E-state index in [1.807, 2.05) is 11.8 Å². The fraction of sp³-hybridized carbons (Fsp3) is 0.923. The molecule has 1 saturated heterocycles. The van der Waals surface area contributed by atoms with Crippen LogP contribution in [-0.2, 0) is 15.6 Å². The molecule has 1 heterocycles. The number of carbonyl (C=O) groups is 1. The number of amides is 1. The molecule has 4 nitrogen and oxygen atoms in total. The third-order valence-electron chi connectivity index (χ3n) is 3.56. The van der Waals surface area contributed by atoms with Crippen LogP contribution >= 0.6 is 0 Å². The Hall–Kier alpha value is -0.420. The first-order chi connectivity index (χ1) is 8.60. The predicted molar refractivity (Wildman–Crippen MR) is 75.8 cm³/mol. The summed E-state index contributed by atoms with van der Waals surface area (Å²) in [5, 5.41) is -0.0449. The topological polar surface area (TPSA) is 63.4 Å². The van der Waals surface area contributed by atoms with Gasteiger partial charge in [0, 0.05) is 29.9 Å². The molecule has 1 aliphatic rings. The van der Waals surface area contributed by atoms with Crippen LogP contribution in [0.15, 0.2) is 0 Å². The number of carbonyl (C=O) groups excluding carboxylic acids is 1. The first-order valence-corrected chi connectivity index (χ1v) is 8.38. The molecule has 0 radical (unpaired) electrons. The summed E-state index contributed by atoms with van der Waals surface area (Å²) in [6.45, 7) is 5.73. The maximum Gasteiger partial charge on any atom is 0.235 e. The van der Waals surface area contributed by atoms with Crippen LogP contribution in [0.1, 0.15) is 46.0 Å². The Kier molecular flexibility index (Phi) is 6.86. The molecule has 106 valence electrons. The molecule has 0 aromatic heterocycles. The van der Waals surface area contributed by atoms with Crippen molar-refractivity contribution in [3.63, 3.8) is 0 Å². The van der Waals surface area contributed by atoms with E-state index in [9.17, 15) is 9.00 Å². The van der Waals surface area contributed by atoms with Crippen molar-refractivity contribution in [1.82, 2.24) is 4.90 Å². The van der Waals surface area contributed by atoms with E-state index in [0.717, 1.165) is 45.2 Å². The highest BCUT2D eigenvalue weighted by Gasteiger charge is 2.26. The minimum atomic E-state index is -1.13. The van der Waals surface area contributed by atoms with Gasteiger partial charge in [-0.2, -0.15) is 0 Å². The molecule has 1 amide bonds. The maximum absolute atomic E-state index is 12.2. The van der Waals surface area contributed by atoms with Crippen molar-refractivity contribution < 1.29 is 9.00 Å². The molecule has 0 saturated carbocycles. The van der Waals surface area contributed by atoms with Crippen molar-refractivity contribution in [3.8, 4) is 0 Å². The molecule has 18 heavy (non-hydrogen) atoms. The molecule has 1 rings (SSSR count). The van der Waals surface area contributed by atoms with Gasteiger partial charge in [-0.3, -0.25) is 9.00 Å².